The van der Waals surface area contributed by atoms with E-state index in [0.29, 0.717) is 24.5 Å². The summed E-state index contributed by atoms with van der Waals surface area (Å²) in [5, 5.41) is 0. The molecule has 0 N–H and O–H groups in total. The summed E-state index contributed by atoms with van der Waals surface area (Å²) >= 11 is 0. The minimum absolute atomic E-state index is 0.234. The fourth-order valence-electron chi connectivity index (χ4n) is 2.87. The van der Waals surface area contributed by atoms with E-state index in [1.807, 2.05) is 55.5 Å². The second-order valence-electron chi connectivity index (χ2n) is 6.94. The summed E-state index contributed by atoms with van der Waals surface area (Å²) in [6, 6.07) is 22.3. The number of ether oxygens (including phenoxy) is 3. The summed E-state index contributed by atoms with van der Waals surface area (Å²) in [6.07, 6.45) is 1.86. The molecule has 0 saturated carbocycles. The minimum Gasteiger partial charge on any atom is -0.489 e. The smallest absolute Gasteiger partial charge is 0.335 e. The molecule has 5 nitrogen and oxygen atoms in total. The van der Waals surface area contributed by atoms with Crippen LogP contribution < -0.4 is 14.2 Å². The van der Waals surface area contributed by atoms with Crippen LogP contribution in [0.2, 0.25) is 0 Å². The van der Waals surface area contributed by atoms with Crippen molar-refractivity contribution in [3.8, 4) is 17.2 Å². The zero-order valence-corrected chi connectivity index (χ0v) is 17.4. The van der Waals surface area contributed by atoms with Crippen LogP contribution in [0.5, 0.6) is 17.2 Å². The van der Waals surface area contributed by atoms with Gasteiger partial charge in [-0.15, -0.1) is 0 Å². The van der Waals surface area contributed by atoms with Crippen molar-refractivity contribution in [2.75, 3.05) is 0 Å². The Morgan fingerprint density at radius 2 is 1.58 bits per heavy atom. The lowest BCUT2D eigenvalue weighted by atomic mass is 10.1. The van der Waals surface area contributed by atoms with Gasteiger partial charge in [0, 0.05) is 12.5 Å². The maximum Gasteiger partial charge on any atom is 0.335 e. The lowest BCUT2D eigenvalue weighted by Crippen LogP contribution is -2.10. The lowest BCUT2D eigenvalue weighted by molar-refractivity contribution is -0.134. The highest BCUT2D eigenvalue weighted by Gasteiger charge is 2.09. The first kappa shape index (κ1) is 21.8. The molecule has 0 amide bonds. The van der Waals surface area contributed by atoms with Crippen LogP contribution in [-0.2, 0) is 22.6 Å². The van der Waals surface area contributed by atoms with Gasteiger partial charge in [0.1, 0.15) is 23.9 Å². The van der Waals surface area contributed by atoms with E-state index in [9.17, 15) is 9.59 Å². The fraction of sp³-hybridized carbons (Fsp3) is 0.154. The van der Waals surface area contributed by atoms with Crippen LogP contribution in [0.25, 0.3) is 0 Å². The average molecular weight is 416 g/mol. The summed E-state index contributed by atoms with van der Waals surface area (Å²) in [5.41, 5.74) is 2.85. The molecule has 0 radical (unpaired) electrons. The molecule has 0 saturated heterocycles. The zero-order chi connectivity index (χ0) is 22.1. The van der Waals surface area contributed by atoms with Crippen LogP contribution in [0, 0.1) is 6.92 Å². The van der Waals surface area contributed by atoms with Gasteiger partial charge >= 0.3 is 11.9 Å². The quantitative estimate of drug-likeness (QED) is 0.272. The van der Waals surface area contributed by atoms with Crippen LogP contribution in [0.4, 0.5) is 0 Å². The number of esters is 2. The number of benzene rings is 3. The highest BCUT2D eigenvalue weighted by molar-refractivity contribution is 5.83. The molecule has 3 aromatic rings. The molecule has 0 aromatic heterocycles. The highest BCUT2D eigenvalue weighted by atomic mass is 16.5. The SMILES string of the molecule is C=CC(=O)Oc1ccc(CCC(=O)Oc2ccc(OCc3ccccc3)cc2C)cc1. The highest BCUT2D eigenvalue weighted by Crippen LogP contribution is 2.25. The van der Waals surface area contributed by atoms with Crippen molar-refractivity contribution >= 4 is 11.9 Å². The topological polar surface area (TPSA) is 61.8 Å². The van der Waals surface area contributed by atoms with Gasteiger partial charge in [0.05, 0.1) is 0 Å². The van der Waals surface area contributed by atoms with E-state index in [1.54, 1.807) is 24.3 Å². The predicted octanol–water partition coefficient (Wildman–Crippen LogP) is 5.20. The Hall–Kier alpha value is -3.86. The molecule has 3 aromatic carbocycles. The molecule has 0 atom stereocenters. The van der Waals surface area contributed by atoms with Gasteiger partial charge in [-0.2, -0.15) is 0 Å². The monoisotopic (exact) mass is 416 g/mol. The van der Waals surface area contributed by atoms with E-state index in [2.05, 4.69) is 6.58 Å². The van der Waals surface area contributed by atoms with E-state index in [0.717, 1.165) is 28.5 Å². The fourth-order valence-corrected chi connectivity index (χ4v) is 2.87. The number of hydrogen-bond acceptors (Lipinski definition) is 5. The van der Waals surface area contributed by atoms with E-state index >= 15 is 0 Å². The van der Waals surface area contributed by atoms with Gasteiger partial charge in [0.15, 0.2) is 0 Å². The molecule has 158 valence electrons. The molecule has 0 fully saturated rings. The van der Waals surface area contributed by atoms with E-state index in [4.69, 9.17) is 14.2 Å². The second-order valence-corrected chi connectivity index (χ2v) is 6.94. The molecule has 0 spiro atoms. The Kier molecular flexibility index (Phi) is 7.60. The average Bonchev–Trinajstić information content (AvgIpc) is 2.79. The largest absolute Gasteiger partial charge is 0.489 e. The van der Waals surface area contributed by atoms with E-state index in [-0.39, 0.29) is 12.4 Å². The number of rotatable bonds is 9. The van der Waals surface area contributed by atoms with Crippen LogP contribution >= 0.6 is 0 Å². The molecule has 0 unspecified atom stereocenters. The lowest BCUT2D eigenvalue weighted by Gasteiger charge is -2.11. The van der Waals surface area contributed by atoms with Gasteiger partial charge < -0.3 is 14.2 Å². The van der Waals surface area contributed by atoms with Crippen molar-refractivity contribution in [2.45, 2.75) is 26.4 Å². The van der Waals surface area contributed by atoms with Gasteiger partial charge in [-0.3, -0.25) is 4.79 Å². The summed E-state index contributed by atoms with van der Waals surface area (Å²) in [4.78, 5) is 23.4. The molecule has 0 bridgehead atoms. The standard InChI is InChI=1S/C26H24O5/c1-3-25(27)30-22-12-9-20(10-13-22)11-16-26(28)31-24-15-14-23(17-19(24)2)29-18-21-7-5-4-6-8-21/h3-10,12-15,17H,1,11,16,18H2,2H3. The van der Waals surface area contributed by atoms with Crippen LogP contribution in [0.1, 0.15) is 23.1 Å². The Morgan fingerprint density at radius 3 is 2.26 bits per heavy atom. The molecule has 0 aliphatic carbocycles. The number of carbonyl (C=O) groups excluding carboxylic acids is 2. The van der Waals surface area contributed by atoms with Gasteiger partial charge in [-0.1, -0.05) is 49.0 Å². The van der Waals surface area contributed by atoms with Gasteiger partial charge in [-0.25, -0.2) is 4.79 Å². The van der Waals surface area contributed by atoms with Crippen LogP contribution in [-0.4, -0.2) is 11.9 Å². The maximum atomic E-state index is 12.3. The van der Waals surface area contributed by atoms with Crippen molar-refractivity contribution in [2.24, 2.45) is 0 Å². The Bertz CT molecular complexity index is 1040. The molecule has 31 heavy (non-hydrogen) atoms. The van der Waals surface area contributed by atoms with Crippen molar-refractivity contribution in [1.29, 1.82) is 0 Å². The molecular formula is C26H24O5. The van der Waals surface area contributed by atoms with Gasteiger partial charge in [0.25, 0.3) is 0 Å². The maximum absolute atomic E-state index is 12.3. The third-order valence-corrected chi connectivity index (χ3v) is 4.54. The van der Waals surface area contributed by atoms with Crippen molar-refractivity contribution < 1.29 is 23.8 Å². The minimum atomic E-state index is -0.511. The first-order valence-electron chi connectivity index (χ1n) is 9.95. The molecule has 3 rings (SSSR count). The van der Waals surface area contributed by atoms with Gasteiger partial charge in [0.2, 0.25) is 0 Å². The van der Waals surface area contributed by atoms with E-state index < -0.39 is 5.97 Å². The summed E-state index contributed by atoms with van der Waals surface area (Å²) in [5.74, 6) is 0.843. The molecule has 0 aliphatic rings. The van der Waals surface area contributed by atoms with Crippen LogP contribution in [0.15, 0.2) is 85.5 Å². The normalized spacial score (nSPS) is 10.2. The molecule has 0 aliphatic heterocycles. The van der Waals surface area contributed by atoms with Crippen molar-refractivity contribution in [3.05, 3.63) is 102 Å². The first-order valence-corrected chi connectivity index (χ1v) is 9.95. The number of hydrogen-bond donors (Lipinski definition) is 0. The van der Waals surface area contributed by atoms with E-state index in [1.165, 1.54) is 0 Å². The summed E-state index contributed by atoms with van der Waals surface area (Å²) in [7, 11) is 0. The number of carbonyl (C=O) groups is 2. The predicted molar refractivity (Wildman–Crippen MR) is 118 cm³/mol. The number of aryl methyl sites for hydroxylation is 2. The Balaban J connectivity index is 1.48. The molecular weight excluding hydrogens is 392 g/mol. The third kappa shape index (κ3) is 6.85. The Labute approximate surface area is 181 Å². The van der Waals surface area contributed by atoms with Crippen molar-refractivity contribution in [1.82, 2.24) is 0 Å². The zero-order valence-electron chi connectivity index (χ0n) is 17.4. The van der Waals surface area contributed by atoms with Crippen molar-refractivity contribution in [3.63, 3.8) is 0 Å². The third-order valence-electron chi connectivity index (χ3n) is 4.54. The van der Waals surface area contributed by atoms with Crippen LogP contribution in [0.3, 0.4) is 0 Å². The molecule has 0 heterocycles. The molecule has 5 heteroatoms. The second kappa shape index (κ2) is 10.8. The first-order chi connectivity index (χ1) is 15.0. The van der Waals surface area contributed by atoms with Gasteiger partial charge in [-0.05, 0) is 60.4 Å². The summed E-state index contributed by atoms with van der Waals surface area (Å²) in [6.45, 7) is 5.71. The summed E-state index contributed by atoms with van der Waals surface area (Å²) < 4.78 is 16.3. The Morgan fingerprint density at radius 1 is 0.871 bits per heavy atom.